The minimum absolute atomic E-state index is 0.0931. The third-order valence-corrected chi connectivity index (χ3v) is 3.27. The molecule has 1 saturated heterocycles. The molecule has 0 aromatic heterocycles. The number of nitrogens with one attached hydrogen (secondary N) is 1. The molecule has 1 N–H and O–H groups in total. The Balaban J connectivity index is 1.96. The molecule has 3 nitrogen and oxygen atoms in total. The van der Waals surface area contributed by atoms with E-state index in [-0.39, 0.29) is 17.8 Å². The lowest BCUT2D eigenvalue weighted by atomic mass is 10.1. The lowest BCUT2D eigenvalue weighted by Crippen LogP contribution is -2.36. The number of nitrogens with zero attached hydrogens (tertiary/aromatic N) is 1. The topological polar surface area (TPSA) is 32.3 Å². The molecule has 1 fully saturated rings. The van der Waals surface area contributed by atoms with Gasteiger partial charge in [0.25, 0.3) is 0 Å². The summed E-state index contributed by atoms with van der Waals surface area (Å²) in [6.07, 6.45) is 0.843. The quantitative estimate of drug-likeness (QED) is 0.861. The first-order valence-electron chi connectivity index (χ1n) is 5.81. The number of aryl methyl sites for hydroxylation is 1. The number of likely N-dealkylation sites (tertiary alicyclic amines) is 1. The zero-order valence-corrected chi connectivity index (χ0v) is 10.2. The second-order valence-corrected chi connectivity index (χ2v) is 4.55. The fourth-order valence-corrected chi connectivity index (χ4v) is 2.10. The van der Waals surface area contributed by atoms with Crippen LogP contribution in [0.1, 0.15) is 17.5 Å². The molecular formula is C13H17FN2O. The SMILES string of the molecule is Cc1cc(F)ccc1CNC1CCN(C)C1=O. The van der Waals surface area contributed by atoms with Crippen LogP contribution in [0.5, 0.6) is 0 Å². The summed E-state index contributed by atoms with van der Waals surface area (Å²) in [5, 5.41) is 3.22. The highest BCUT2D eigenvalue weighted by atomic mass is 19.1. The van der Waals surface area contributed by atoms with Crippen LogP contribution in [0.4, 0.5) is 4.39 Å². The van der Waals surface area contributed by atoms with Crippen molar-refractivity contribution in [3.05, 3.63) is 35.1 Å². The molecule has 0 aliphatic carbocycles. The summed E-state index contributed by atoms with van der Waals surface area (Å²) < 4.78 is 12.9. The monoisotopic (exact) mass is 236 g/mol. The molecule has 4 heteroatoms. The van der Waals surface area contributed by atoms with E-state index in [0.29, 0.717) is 6.54 Å². The maximum atomic E-state index is 12.9. The Morgan fingerprint density at radius 2 is 2.29 bits per heavy atom. The molecule has 1 heterocycles. The molecule has 0 radical (unpaired) electrons. The first-order chi connectivity index (χ1) is 8.08. The highest BCUT2D eigenvalue weighted by molar-refractivity contribution is 5.83. The van der Waals surface area contributed by atoms with Gasteiger partial charge in [0, 0.05) is 20.1 Å². The lowest BCUT2D eigenvalue weighted by Gasteiger charge is -2.13. The highest BCUT2D eigenvalue weighted by Gasteiger charge is 2.28. The van der Waals surface area contributed by atoms with E-state index >= 15 is 0 Å². The summed E-state index contributed by atoms with van der Waals surface area (Å²) >= 11 is 0. The normalized spacial score (nSPS) is 20.1. The Morgan fingerprint density at radius 3 is 2.88 bits per heavy atom. The van der Waals surface area contributed by atoms with Crippen molar-refractivity contribution < 1.29 is 9.18 Å². The number of carbonyl (C=O) groups excluding carboxylic acids is 1. The van der Waals surface area contributed by atoms with E-state index in [4.69, 9.17) is 0 Å². The average molecular weight is 236 g/mol. The number of amides is 1. The van der Waals surface area contributed by atoms with Crippen LogP contribution in [-0.2, 0) is 11.3 Å². The summed E-state index contributed by atoms with van der Waals surface area (Å²) in [4.78, 5) is 13.4. The third kappa shape index (κ3) is 2.64. The van der Waals surface area contributed by atoms with Gasteiger partial charge in [0.2, 0.25) is 5.91 Å². The minimum atomic E-state index is -0.220. The number of carbonyl (C=O) groups is 1. The van der Waals surface area contributed by atoms with Gasteiger partial charge in [-0.05, 0) is 36.6 Å². The predicted molar refractivity (Wildman–Crippen MR) is 64.0 cm³/mol. The first-order valence-corrected chi connectivity index (χ1v) is 5.81. The molecule has 92 valence electrons. The lowest BCUT2D eigenvalue weighted by molar-refractivity contribution is -0.128. The van der Waals surface area contributed by atoms with Crippen molar-refractivity contribution in [2.24, 2.45) is 0 Å². The van der Waals surface area contributed by atoms with Gasteiger partial charge in [-0.3, -0.25) is 4.79 Å². The summed E-state index contributed by atoms with van der Waals surface area (Å²) in [6, 6.07) is 4.64. The van der Waals surface area contributed by atoms with Crippen molar-refractivity contribution >= 4 is 5.91 Å². The number of benzene rings is 1. The molecule has 0 bridgehead atoms. The van der Waals surface area contributed by atoms with Gasteiger partial charge < -0.3 is 10.2 Å². The second kappa shape index (κ2) is 4.84. The summed E-state index contributed by atoms with van der Waals surface area (Å²) in [5.41, 5.74) is 1.95. The number of likely N-dealkylation sites (N-methyl/N-ethyl adjacent to an activating group) is 1. The average Bonchev–Trinajstić information content (AvgIpc) is 2.59. The molecule has 0 saturated carbocycles. The van der Waals surface area contributed by atoms with E-state index < -0.39 is 0 Å². The molecule has 2 rings (SSSR count). The van der Waals surface area contributed by atoms with Crippen molar-refractivity contribution in [2.45, 2.75) is 25.9 Å². The van der Waals surface area contributed by atoms with Crippen LogP contribution >= 0.6 is 0 Å². The maximum absolute atomic E-state index is 12.9. The molecule has 17 heavy (non-hydrogen) atoms. The molecular weight excluding hydrogens is 219 g/mol. The maximum Gasteiger partial charge on any atom is 0.239 e. The van der Waals surface area contributed by atoms with Gasteiger partial charge in [-0.2, -0.15) is 0 Å². The van der Waals surface area contributed by atoms with E-state index in [2.05, 4.69) is 5.32 Å². The summed E-state index contributed by atoms with van der Waals surface area (Å²) in [5.74, 6) is -0.0762. The van der Waals surface area contributed by atoms with Crippen LogP contribution in [0.25, 0.3) is 0 Å². The van der Waals surface area contributed by atoms with Gasteiger partial charge in [0.1, 0.15) is 5.82 Å². The second-order valence-electron chi connectivity index (χ2n) is 4.55. The Bertz CT molecular complexity index is 433. The van der Waals surface area contributed by atoms with Gasteiger partial charge in [-0.25, -0.2) is 4.39 Å². The van der Waals surface area contributed by atoms with Crippen LogP contribution in [0.3, 0.4) is 0 Å². The molecule has 1 unspecified atom stereocenters. The van der Waals surface area contributed by atoms with Gasteiger partial charge >= 0.3 is 0 Å². The van der Waals surface area contributed by atoms with Gasteiger partial charge in [0.05, 0.1) is 6.04 Å². The van der Waals surface area contributed by atoms with Crippen molar-refractivity contribution in [3.63, 3.8) is 0 Å². The Kier molecular flexibility index (Phi) is 3.43. The van der Waals surface area contributed by atoms with Crippen molar-refractivity contribution in [2.75, 3.05) is 13.6 Å². The summed E-state index contributed by atoms with van der Waals surface area (Å²) in [6.45, 7) is 3.29. The highest BCUT2D eigenvalue weighted by Crippen LogP contribution is 2.13. The molecule has 1 aliphatic rings. The van der Waals surface area contributed by atoms with E-state index in [1.54, 1.807) is 11.0 Å². The van der Waals surface area contributed by atoms with Gasteiger partial charge in [0.15, 0.2) is 0 Å². The zero-order valence-electron chi connectivity index (χ0n) is 10.2. The number of halogens is 1. The van der Waals surface area contributed by atoms with Crippen LogP contribution in [-0.4, -0.2) is 30.4 Å². The molecule has 1 amide bonds. The largest absolute Gasteiger partial charge is 0.344 e. The fourth-order valence-electron chi connectivity index (χ4n) is 2.10. The van der Waals surface area contributed by atoms with Gasteiger partial charge in [-0.1, -0.05) is 6.07 Å². The van der Waals surface area contributed by atoms with E-state index in [1.807, 2.05) is 14.0 Å². The molecule has 1 atom stereocenters. The van der Waals surface area contributed by atoms with E-state index in [1.165, 1.54) is 12.1 Å². The van der Waals surface area contributed by atoms with Crippen LogP contribution in [0.15, 0.2) is 18.2 Å². The molecule has 0 spiro atoms. The van der Waals surface area contributed by atoms with Gasteiger partial charge in [-0.15, -0.1) is 0 Å². The number of hydrogen-bond donors (Lipinski definition) is 1. The Morgan fingerprint density at radius 1 is 1.53 bits per heavy atom. The fraction of sp³-hybridized carbons (Fsp3) is 0.462. The van der Waals surface area contributed by atoms with Crippen LogP contribution in [0.2, 0.25) is 0 Å². The summed E-state index contributed by atoms with van der Waals surface area (Å²) in [7, 11) is 1.81. The Hall–Kier alpha value is -1.42. The van der Waals surface area contributed by atoms with Crippen LogP contribution < -0.4 is 5.32 Å². The standard InChI is InChI=1S/C13H17FN2O/c1-9-7-11(14)4-3-10(9)8-15-12-5-6-16(2)13(12)17/h3-4,7,12,15H,5-6,8H2,1-2H3. The van der Waals surface area contributed by atoms with Crippen LogP contribution in [0, 0.1) is 12.7 Å². The smallest absolute Gasteiger partial charge is 0.239 e. The van der Waals surface area contributed by atoms with Crippen molar-refractivity contribution in [1.82, 2.24) is 10.2 Å². The minimum Gasteiger partial charge on any atom is -0.344 e. The van der Waals surface area contributed by atoms with E-state index in [0.717, 1.165) is 24.1 Å². The van der Waals surface area contributed by atoms with Crippen molar-refractivity contribution in [1.29, 1.82) is 0 Å². The molecule has 1 aromatic rings. The third-order valence-electron chi connectivity index (χ3n) is 3.27. The predicted octanol–water partition coefficient (Wildman–Crippen LogP) is 1.45. The number of hydrogen-bond acceptors (Lipinski definition) is 2. The zero-order chi connectivity index (χ0) is 12.4. The Labute approximate surface area is 101 Å². The number of rotatable bonds is 3. The molecule has 1 aromatic carbocycles. The molecule has 1 aliphatic heterocycles. The van der Waals surface area contributed by atoms with Crippen molar-refractivity contribution in [3.8, 4) is 0 Å². The first kappa shape index (κ1) is 12.0. The van der Waals surface area contributed by atoms with E-state index in [9.17, 15) is 9.18 Å².